The number of rotatable bonds is 7. The van der Waals surface area contributed by atoms with E-state index in [2.05, 4.69) is 6.42 Å². The van der Waals surface area contributed by atoms with Crippen LogP contribution >= 0.6 is 0 Å². The Hall–Kier alpha value is -0.0800. The van der Waals surface area contributed by atoms with Crippen LogP contribution in [0.4, 0.5) is 0 Å². The summed E-state index contributed by atoms with van der Waals surface area (Å²) in [6.45, 7) is 2.26. The molecule has 0 aliphatic heterocycles. The molecule has 0 bridgehead atoms. The molecule has 0 amide bonds. The average Bonchev–Trinajstić information content (AvgIpc) is 2.04. The van der Waals surface area contributed by atoms with Gasteiger partial charge in [0, 0.05) is 6.61 Å². The number of hydrogen-bond donors (Lipinski definition) is 2. The molecule has 0 aromatic heterocycles. The highest BCUT2D eigenvalue weighted by Crippen LogP contribution is 2.05. The summed E-state index contributed by atoms with van der Waals surface area (Å²) >= 11 is 0. The Morgan fingerprint density at radius 2 is 2.09 bits per heavy atom. The monoisotopic (exact) mass is 159 g/mol. The summed E-state index contributed by atoms with van der Waals surface area (Å²) in [5.41, 5.74) is 0. The van der Waals surface area contributed by atoms with Crippen LogP contribution in [-0.4, -0.2) is 22.9 Å². The van der Waals surface area contributed by atoms with E-state index < -0.39 is 0 Å². The molecule has 2 nitrogen and oxygen atoms in total. The van der Waals surface area contributed by atoms with Gasteiger partial charge in [-0.1, -0.05) is 6.92 Å². The number of hydrogen-bond acceptors (Lipinski definition) is 2. The second-order valence-corrected chi connectivity index (χ2v) is 2.79. The van der Waals surface area contributed by atoms with Gasteiger partial charge in [-0.25, -0.2) is 0 Å². The Balaban J connectivity index is 2.89. The molecule has 0 saturated heterocycles. The predicted molar refractivity (Wildman–Crippen MR) is 46.2 cm³/mol. The second-order valence-electron chi connectivity index (χ2n) is 2.79. The van der Waals surface area contributed by atoms with Crippen LogP contribution in [0, 0.1) is 6.42 Å². The lowest BCUT2D eigenvalue weighted by Crippen LogP contribution is -2.03. The highest BCUT2D eigenvalue weighted by atomic mass is 16.3. The Labute approximate surface area is 69.2 Å². The zero-order valence-corrected chi connectivity index (χ0v) is 7.29. The van der Waals surface area contributed by atoms with Crippen LogP contribution < -0.4 is 0 Å². The summed E-state index contributed by atoms with van der Waals surface area (Å²) in [6.07, 6.45) is 6.48. The molecule has 0 aromatic carbocycles. The van der Waals surface area contributed by atoms with E-state index in [1.165, 1.54) is 0 Å². The van der Waals surface area contributed by atoms with Gasteiger partial charge in [0.25, 0.3) is 0 Å². The molecule has 0 heterocycles. The third kappa shape index (κ3) is 7.82. The Bertz CT molecular complexity index is 74.0. The number of unbranched alkanes of at least 4 members (excludes halogenated alkanes) is 3. The van der Waals surface area contributed by atoms with Gasteiger partial charge in [-0.3, -0.25) is 0 Å². The van der Waals surface area contributed by atoms with Gasteiger partial charge in [-0.15, -0.1) is 0 Å². The highest BCUT2D eigenvalue weighted by molar-refractivity contribution is 4.66. The predicted octanol–water partition coefficient (Wildman–Crippen LogP) is 1.51. The summed E-state index contributed by atoms with van der Waals surface area (Å²) in [5.74, 6) is 0. The molecule has 0 aliphatic rings. The molecule has 0 spiro atoms. The van der Waals surface area contributed by atoms with E-state index in [1.54, 1.807) is 0 Å². The molecular weight excluding hydrogens is 140 g/mol. The fraction of sp³-hybridized carbons (Fsp3) is 0.889. The van der Waals surface area contributed by atoms with Crippen molar-refractivity contribution in [1.29, 1.82) is 0 Å². The smallest absolute Gasteiger partial charge is 0.0537 e. The SMILES string of the molecule is CCC(O)CC[CH]CCCO. The second kappa shape index (κ2) is 8.02. The standard InChI is InChI=1S/C9H19O2/c1-2-9(11)7-5-3-4-6-8-10/h3,9-11H,2,4-8H2,1H3. The highest BCUT2D eigenvalue weighted by Gasteiger charge is 1.98. The van der Waals surface area contributed by atoms with Gasteiger partial charge in [0.1, 0.15) is 0 Å². The maximum atomic E-state index is 9.15. The van der Waals surface area contributed by atoms with E-state index in [0.717, 1.165) is 32.1 Å². The normalized spacial score (nSPS) is 13.4. The molecule has 1 unspecified atom stereocenters. The maximum absolute atomic E-state index is 9.15. The summed E-state index contributed by atoms with van der Waals surface area (Å²) < 4.78 is 0. The van der Waals surface area contributed by atoms with Crippen molar-refractivity contribution in [1.82, 2.24) is 0 Å². The van der Waals surface area contributed by atoms with Crippen molar-refractivity contribution in [3.63, 3.8) is 0 Å². The molecule has 67 valence electrons. The molecule has 0 fully saturated rings. The zero-order valence-electron chi connectivity index (χ0n) is 7.29. The summed E-state index contributed by atoms with van der Waals surface area (Å²) in [7, 11) is 0. The topological polar surface area (TPSA) is 40.5 Å². The number of aliphatic hydroxyl groups is 2. The largest absolute Gasteiger partial charge is 0.396 e. The lowest BCUT2D eigenvalue weighted by atomic mass is 10.1. The van der Waals surface area contributed by atoms with Gasteiger partial charge in [-0.05, 0) is 38.5 Å². The average molecular weight is 159 g/mol. The summed E-state index contributed by atoms with van der Waals surface area (Å²) in [5, 5.41) is 17.6. The number of aliphatic hydroxyl groups excluding tert-OH is 2. The van der Waals surface area contributed by atoms with E-state index in [0.29, 0.717) is 0 Å². The van der Waals surface area contributed by atoms with Crippen molar-refractivity contribution < 1.29 is 10.2 Å². The molecule has 0 rings (SSSR count). The van der Waals surface area contributed by atoms with Crippen LogP contribution in [0.15, 0.2) is 0 Å². The summed E-state index contributed by atoms with van der Waals surface area (Å²) in [4.78, 5) is 0. The Kier molecular flexibility index (Phi) is 7.96. The first kappa shape index (κ1) is 10.9. The van der Waals surface area contributed by atoms with Gasteiger partial charge < -0.3 is 10.2 Å². The van der Waals surface area contributed by atoms with E-state index in [1.807, 2.05) is 6.92 Å². The van der Waals surface area contributed by atoms with Crippen molar-refractivity contribution >= 4 is 0 Å². The quantitative estimate of drug-likeness (QED) is 0.553. The zero-order chi connectivity index (χ0) is 8.53. The first-order valence-electron chi connectivity index (χ1n) is 4.41. The molecule has 1 radical (unpaired) electrons. The van der Waals surface area contributed by atoms with Crippen molar-refractivity contribution in [2.24, 2.45) is 0 Å². The van der Waals surface area contributed by atoms with Gasteiger partial charge in [0.2, 0.25) is 0 Å². The molecular formula is C9H19O2. The molecule has 0 aliphatic carbocycles. The lowest BCUT2D eigenvalue weighted by Gasteiger charge is -2.05. The van der Waals surface area contributed by atoms with Crippen LogP contribution in [-0.2, 0) is 0 Å². The van der Waals surface area contributed by atoms with Crippen LogP contribution in [0.1, 0.15) is 39.0 Å². The first-order chi connectivity index (χ1) is 5.31. The van der Waals surface area contributed by atoms with Crippen molar-refractivity contribution in [3.05, 3.63) is 6.42 Å². The van der Waals surface area contributed by atoms with E-state index in [-0.39, 0.29) is 12.7 Å². The molecule has 0 aromatic rings. The van der Waals surface area contributed by atoms with E-state index >= 15 is 0 Å². The fourth-order valence-corrected chi connectivity index (χ4v) is 0.894. The first-order valence-corrected chi connectivity index (χ1v) is 4.41. The van der Waals surface area contributed by atoms with Crippen LogP contribution in [0.25, 0.3) is 0 Å². The van der Waals surface area contributed by atoms with Gasteiger partial charge >= 0.3 is 0 Å². The third-order valence-electron chi connectivity index (χ3n) is 1.74. The van der Waals surface area contributed by atoms with Gasteiger partial charge in [0.05, 0.1) is 6.10 Å². The minimum absolute atomic E-state index is 0.139. The van der Waals surface area contributed by atoms with E-state index in [4.69, 9.17) is 10.2 Å². The molecule has 11 heavy (non-hydrogen) atoms. The van der Waals surface area contributed by atoms with Crippen molar-refractivity contribution in [3.8, 4) is 0 Å². The lowest BCUT2D eigenvalue weighted by molar-refractivity contribution is 0.160. The fourth-order valence-electron chi connectivity index (χ4n) is 0.894. The van der Waals surface area contributed by atoms with Crippen molar-refractivity contribution in [2.75, 3.05) is 6.61 Å². The van der Waals surface area contributed by atoms with E-state index in [9.17, 15) is 0 Å². The molecule has 2 heteroatoms. The van der Waals surface area contributed by atoms with Crippen LogP contribution in [0.3, 0.4) is 0 Å². The molecule has 0 saturated carbocycles. The van der Waals surface area contributed by atoms with Crippen LogP contribution in [0.5, 0.6) is 0 Å². The minimum Gasteiger partial charge on any atom is -0.396 e. The summed E-state index contributed by atoms with van der Waals surface area (Å²) in [6, 6.07) is 0. The van der Waals surface area contributed by atoms with Gasteiger partial charge in [-0.2, -0.15) is 0 Å². The molecule has 2 N–H and O–H groups in total. The molecule has 1 atom stereocenters. The third-order valence-corrected chi connectivity index (χ3v) is 1.74. The van der Waals surface area contributed by atoms with Crippen LogP contribution in [0.2, 0.25) is 0 Å². The Morgan fingerprint density at radius 1 is 1.36 bits per heavy atom. The maximum Gasteiger partial charge on any atom is 0.0537 e. The Morgan fingerprint density at radius 3 is 2.64 bits per heavy atom. The van der Waals surface area contributed by atoms with Crippen molar-refractivity contribution in [2.45, 2.75) is 45.1 Å². The minimum atomic E-state index is -0.139. The van der Waals surface area contributed by atoms with Gasteiger partial charge in [0.15, 0.2) is 0 Å².